The van der Waals surface area contributed by atoms with Gasteiger partial charge in [-0.15, -0.1) is 0 Å². The zero-order chi connectivity index (χ0) is 5.45. The van der Waals surface area contributed by atoms with Gasteiger partial charge in [0.15, 0.2) is 0 Å². The zero-order valence-corrected chi connectivity index (χ0v) is 11.9. The second-order valence-corrected chi connectivity index (χ2v) is 26.9. The Balaban J connectivity index is 0. The Morgan fingerprint density at radius 1 is 0.714 bits per heavy atom. The fraction of sp³-hybridized carbons (Fsp3) is 0. The van der Waals surface area contributed by atoms with Gasteiger partial charge in [0, 0.05) is 51.4 Å². The van der Waals surface area contributed by atoms with Gasteiger partial charge in [-0.2, -0.15) is 0 Å². The number of halogens is 5. The third-order valence-corrected chi connectivity index (χ3v) is 0. The molecule has 0 aliphatic rings. The average Bonchev–Trinajstić information content (AvgIpc) is 0.650. The molecule has 44 valence electrons. The summed E-state index contributed by atoms with van der Waals surface area (Å²) in [5.41, 5.74) is 0. The van der Waals surface area contributed by atoms with E-state index >= 15 is 0 Å². The number of hydrogen-bond donors (Lipinski definition) is 0. The fourth-order valence-electron chi connectivity index (χ4n) is 0. The van der Waals surface area contributed by atoms with E-state index in [-0.39, 0.29) is 51.4 Å². The van der Waals surface area contributed by atoms with E-state index in [1.54, 1.807) is 0 Å². The van der Waals surface area contributed by atoms with E-state index in [0.29, 0.717) is 0 Å². The molecule has 0 nitrogen and oxygen atoms in total. The molecule has 0 rings (SSSR count). The Hall–Kier alpha value is 3.71. The maximum Gasteiger partial charge on any atom is 0 e. The van der Waals surface area contributed by atoms with Crippen LogP contribution in [0.2, 0.25) is 0 Å². The van der Waals surface area contributed by atoms with Crippen molar-refractivity contribution in [2.75, 3.05) is 0 Å². The summed E-state index contributed by atoms with van der Waals surface area (Å²) in [6.07, 6.45) is 0. The first-order valence-corrected chi connectivity index (χ1v) is 11.9. The van der Waals surface area contributed by atoms with Crippen LogP contribution in [0.4, 0.5) is 0 Å². The van der Waals surface area contributed by atoms with Gasteiger partial charge in [-0.25, -0.2) is 0 Å². The van der Waals surface area contributed by atoms with Crippen LogP contribution in [0.3, 0.4) is 0 Å². The van der Waals surface area contributed by atoms with Crippen LogP contribution in [0.15, 0.2) is 0 Å². The van der Waals surface area contributed by atoms with Crippen LogP contribution in [-0.2, 0) is 8.65 Å². The van der Waals surface area contributed by atoms with Crippen LogP contribution in [0, 0.1) is 0 Å². The van der Waals surface area contributed by atoms with Gasteiger partial charge in [-0.3, -0.25) is 0 Å². The summed E-state index contributed by atoms with van der Waals surface area (Å²) in [4.78, 5) is 0. The van der Waals surface area contributed by atoms with Crippen molar-refractivity contribution in [1.29, 1.82) is 0 Å². The van der Waals surface area contributed by atoms with E-state index in [4.69, 9.17) is 48.5 Å². The summed E-state index contributed by atoms with van der Waals surface area (Å²) in [5, 5.41) is 0. The fourth-order valence-corrected chi connectivity index (χ4v) is 0. The van der Waals surface area contributed by atoms with E-state index in [2.05, 4.69) is 0 Å². The molecule has 0 aliphatic heterocycles. The third-order valence-electron chi connectivity index (χ3n) is 0. The van der Waals surface area contributed by atoms with Crippen LogP contribution in [0.25, 0.3) is 0 Å². The van der Waals surface area contributed by atoms with Crippen molar-refractivity contribution < 1.29 is 8.65 Å². The molecule has 7 heteroatoms. The maximum absolute atomic E-state index is 5.02. The largest absolute Gasteiger partial charge is 0 e. The van der Waals surface area contributed by atoms with Gasteiger partial charge in [0.1, 0.15) is 0 Å². The minimum absolute atomic E-state index is 0. The van der Waals surface area contributed by atoms with E-state index < -0.39 is 8.65 Å². The van der Waals surface area contributed by atoms with Crippen LogP contribution < -0.4 is 0 Å². The number of rotatable bonds is 0. The summed E-state index contributed by atoms with van der Waals surface area (Å²) in [5.74, 6) is 0. The minimum atomic E-state index is -4.11. The summed E-state index contributed by atoms with van der Waals surface area (Å²) in [6, 6.07) is 0. The second-order valence-electron chi connectivity index (χ2n) is 0.505. The molecular formula is Cl5KRu. The normalized spacial score (nSPS) is 16.4. The van der Waals surface area contributed by atoms with Crippen molar-refractivity contribution in [3.05, 3.63) is 0 Å². The van der Waals surface area contributed by atoms with Crippen molar-refractivity contribution in [2.45, 2.75) is 0 Å². The summed E-state index contributed by atoms with van der Waals surface area (Å²) in [6.45, 7) is 0. The standard InChI is InChI=1S/5ClH.K.Ru/h5*1H;;/q;;;;;;+5/p-5. The quantitative estimate of drug-likeness (QED) is 0.602. The van der Waals surface area contributed by atoms with E-state index in [1.807, 2.05) is 0 Å². The smallest absolute Gasteiger partial charge is 0 e. The van der Waals surface area contributed by atoms with E-state index in [9.17, 15) is 0 Å². The summed E-state index contributed by atoms with van der Waals surface area (Å²) in [7, 11) is 21.0. The molecule has 0 aromatic heterocycles. The Labute approximate surface area is 106 Å². The SMILES string of the molecule is [Cl][Ru]([Cl])([Cl])([Cl])[Cl].[K]. The van der Waals surface area contributed by atoms with Crippen LogP contribution in [0.1, 0.15) is 0 Å². The van der Waals surface area contributed by atoms with E-state index in [0.717, 1.165) is 0 Å². The van der Waals surface area contributed by atoms with Crippen molar-refractivity contribution in [3.8, 4) is 0 Å². The third kappa shape index (κ3) is 41.9. The predicted octanol–water partition coefficient (Wildman–Crippen LogP) is 3.06. The van der Waals surface area contributed by atoms with Crippen LogP contribution in [-0.4, -0.2) is 51.4 Å². The van der Waals surface area contributed by atoms with Gasteiger partial charge in [-0.1, -0.05) is 0 Å². The van der Waals surface area contributed by atoms with Gasteiger partial charge in [-0.05, 0) is 0 Å². The van der Waals surface area contributed by atoms with Crippen molar-refractivity contribution in [3.63, 3.8) is 0 Å². The van der Waals surface area contributed by atoms with E-state index in [1.165, 1.54) is 0 Å². The van der Waals surface area contributed by atoms with Gasteiger partial charge in [0.05, 0.1) is 0 Å². The molecule has 0 heterocycles. The molecule has 0 aromatic rings. The molecule has 0 aliphatic carbocycles. The van der Waals surface area contributed by atoms with Gasteiger partial charge in [0.2, 0.25) is 0 Å². The predicted molar refractivity (Wildman–Crippen MR) is 35.0 cm³/mol. The summed E-state index contributed by atoms with van der Waals surface area (Å²) < 4.78 is 0. The Morgan fingerprint density at radius 3 is 0.714 bits per heavy atom. The molecule has 1 radical (unpaired) electrons. The van der Waals surface area contributed by atoms with Crippen LogP contribution >= 0.6 is 48.5 Å². The van der Waals surface area contributed by atoms with Crippen molar-refractivity contribution in [1.82, 2.24) is 0 Å². The molecule has 0 fully saturated rings. The van der Waals surface area contributed by atoms with Crippen molar-refractivity contribution >= 4 is 99.8 Å². The Kier molecular flexibility index (Phi) is 7.45. The molecule has 0 amide bonds. The molecule has 0 N–H and O–H groups in total. The summed E-state index contributed by atoms with van der Waals surface area (Å²) >= 11 is 0. The molecule has 7 heavy (non-hydrogen) atoms. The molecule has 0 spiro atoms. The zero-order valence-electron chi connectivity index (χ0n) is 3.24. The first kappa shape index (κ1) is 13.3. The first-order chi connectivity index (χ1) is 2.24. The molecule has 0 aromatic carbocycles. The minimum Gasteiger partial charge on any atom is 0 e. The first-order valence-electron chi connectivity index (χ1n) is 0.668. The monoisotopic (exact) mass is 316 g/mol. The molecular weight excluding hydrogens is 317 g/mol. The van der Waals surface area contributed by atoms with Gasteiger partial charge < -0.3 is 0 Å². The maximum atomic E-state index is 5.02. The topological polar surface area (TPSA) is 0 Å². The number of hydrogen-bond acceptors (Lipinski definition) is 0. The van der Waals surface area contributed by atoms with Crippen molar-refractivity contribution in [2.24, 2.45) is 0 Å². The average molecular weight is 317 g/mol. The molecule has 0 saturated heterocycles. The molecule has 0 unspecified atom stereocenters. The van der Waals surface area contributed by atoms with Crippen LogP contribution in [0.5, 0.6) is 0 Å². The molecule has 0 bridgehead atoms. The Morgan fingerprint density at radius 2 is 0.714 bits per heavy atom. The van der Waals surface area contributed by atoms with Gasteiger partial charge >= 0.3 is 57.1 Å². The Bertz CT molecular complexity index is 41.3. The second kappa shape index (κ2) is 3.92. The van der Waals surface area contributed by atoms with Gasteiger partial charge in [0.25, 0.3) is 0 Å². The molecule has 0 saturated carbocycles. The molecule has 0 atom stereocenters.